The molecule has 0 aliphatic carbocycles. The molecule has 0 unspecified atom stereocenters. The molecule has 0 aliphatic heterocycles. The number of aromatic nitrogens is 1. The average molecular weight is 214 g/mol. The lowest BCUT2D eigenvalue weighted by molar-refractivity contribution is 1.01. The molecule has 3 nitrogen and oxygen atoms in total. The number of nitrogens with two attached hydrogens (primary N) is 1. The number of hydrogen-bond acceptors (Lipinski definition) is 2. The largest absolute Gasteiger partial charge is 0.326 e. The Bertz CT molecular complexity index is 544. The highest BCUT2D eigenvalue weighted by Gasteiger charge is 2.05. The summed E-state index contributed by atoms with van der Waals surface area (Å²) in [5.41, 5.74) is 8.92. The summed E-state index contributed by atoms with van der Waals surface area (Å²) >= 11 is 0. The fourth-order valence-electron chi connectivity index (χ4n) is 1.75. The van der Waals surface area contributed by atoms with Crippen molar-refractivity contribution in [3.8, 4) is 11.3 Å². The Hall–Kier alpha value is -1.87. The predicted octanol–water partition coefficient (Wildman–Crippen LogP) is 1.81. The van der Waals surface area contributed by atoms with E-state index in [4.69, 9.17) is 5.73 Å². The van der Waals surface area contributed by atoms with Gasteiger partial charge in [-0.2, -0.15) is 0 Å². The second kappa shape index (κ2) is 4.33. The van der Waals surface area contributed by atoms with E-state index in [0.29, 0.717) is 5.56 Å². The highest BCUT2D eigenvalue weighted by Crippen LogP contribution is 2.19. The van der Waals surface area contributed by atoms with Crippen LogP contribution in [0.1, 0.15) is 11.1 Å². The summed E-state index contributed by atoms with van der Waals surface area (Å²) in [6.07, 6.45) is 0. The lowest BCUT2D eigenvalue weighted by Gasteiger charge is -2.07. The molecule has 0 saturated carbocycles. The number of aryl methyl sites for hydroxylation is 1. The molecule has 3 N–H and O–H groups in total. The van der Waals surface area contributed by atoms with Crippen molar-refractivity contribution in [3.63, 3.8) is 0 Å². The van der Waals surface area contributed by atoms with Crippen LogP contribution in [0.2, 0.25) is 0 Å². The lowest BCUT2D eigenvalue weighted by Crippen LogP contribution is -2.17. The third-order valence-corrected chi connectivity index (χ3v) is 2.60. The van der Waals surface area contributed by atoms with Gasteiger partial charge in [0.15, 0.2) is 0 Å². The van der Waals surface area contributed by atoms with Gasteiger partial charge in [0.25, 0.3) is 5.56 Å². The molecule has 2 aromatic rings. The van der Waals surface area contributed by atoms with Crippen LogP contribution < -0.4 is 11.3 Å². The number of hydrogen-bond donors (Lipinski definition) is 2. The molecular formula is C13H14N2O. The zero-order chi connectivity index (χ0) is 11.5. The Morgan fingerprint density at radius 2 is 1.94 bits per heavy atom. The van der Waals surface area contributed by atoms with Crippen molar-refractivity contribution in [2.75, 3.05) is 0 Å². The quantitative estimate of drug-likeness (QED) is 0.801. The highest BCUT2D eigenvalue weighted by molar-refractivity contribution is 5.62. The second-order valence-corrected chi connectivity index (χ2v) is 3.75. The number of aromatic amines is 1. The van der Waals surface area contributed by atoms with Crippen LogP contribution >= 0.6 is 0 Å². The van der Waals surface area contributed by atoms with E-state index in [1.165, 1.54) is 0 Å². The van der Waals surface area contributed by atoms with E-state index in [0.717, 1.165) is 16.8 Å². The maximum absolute atomic E-state index is 11.7. The maximum Gasteiger partial charge on any atom is 0.252 e. The molecule has 16 heavy (non-hydrogen) atoms. The summed E-state index contributed by atoms with van der Waals surface area (Å²) < 4.78 is 0. The van der Waals surface area contributed by atoms with E-state index in [1.54, 1.807) is 0 Å². The number of H-pyrrole nitrogens is 1. The van der Waals surface area contributed by atoms with Crippen molar-refractivity contribution in [3.05, 3.63) is 57.9 Å². The van der Waals surface area contributed by atoms with E-state index >= 15 is 0 Å². The van der Waals surface area contributed by atoms with Crippen LogP contribution in [-0.4, -0.2) is 4.98 Å². The zero-order valence-corrected chi connectivity index (χ0v) is 9.16. The smallest absolute Gasteiger partial charge is 0.252 e. The fourth-order valence-corrected chi connectivity index (χ4v) is 1.75. The minimum atomic E-state index is -0.105. The number of nitrogens with one attached hydrogen (secondary N) is 1. The Balaban J connectivity index is 2.60. The molecule has 0 amide bonds. The number of benzene rings is 1. The Morgan fingerprint density at radius 3 is 2.56 bits per heavy atom. The van der Waals surface area contributed by atoms with Crippen molar-refractivity contribution in [2.24, 2.45) is 5.73 Å². The first-order chi connectivity index (χ1) is 7.72. The van der Waals surface area contributed by atoms with Gasteiger partial charge in [0.05, 0.1) is 5.69 Å². The summed E-state index contributed by atoms with van der Waals surface area (Å²) in [6, 6.07) is 11.6. The molecule has 1 aromatic carbocycles. The van der Waals surface area contributed by atoms with Gasteiger partial charge in [-0.15, -0.1) is 0 Å². The maximum atomic E-state index is 11.7. The zero-order valence-electron chi connectivity index (χ0n) is 9.16. The van der Waals surface area contributed by atoms with Crippen LogP contribution in [0.3, 0.4) is 0 Å². The molecule has 2 rings (SSSR count). The molecule has 0 fully saturated rings. The standard InChI is InChI=1S/C13H14N2O/c1-9-7-11(8-14)13(16)15-12(9)10-5-3-2-4-6-10/h2-7H,8,14H2,1H3,(H,15,16). The third-order valence-electron chi connectivity index (χ3n) is 2.60. The van der Waals surface area contributed by atoms with E-state index in [1.807, 2.05) is 43.3 Å². The van der Waals surface area contributed by atoms with Crippen LogP contribution in [0.15, 0.2) is 41.2 Å². The van der Waals surface area contributed by atoms with Crippen molar-refractivity contribution in [1.29, 1.82) is 0 Å². The van der Waals surface area contributed by atoms with Gasteiger partial charge in [0.2, 0.25) is 0 Å². The lowest BCUT2D eigenvalue weighted by atomic mass is 10.1. The van der Waals surface area contributed by atoms with Crippen molar-refractivity contribution < 1.29 is 0 Å². The minimum absolute atomic E-state index is 0.105. The van der Waals surface area contributed by atoms with Crippen LogP contribution in [0.4, 0.5) is 0 Å². The molecule has 1 heterocycles. The summed E-state index contributed by atoms with van der Waals surface area (Å²) in [5, 5.41) is 0. The Morgan fingerprint density at radius 1 is 1.25 bits per heavy atom. The van der Waals surface area contributed by atoms with Crippen LogP contribution in [0, 0.1) is 6.92 Å². The molecule has 0 saturated heterocycles. The van der Waals surface area contributed by atoms with Crippen LogP contribution in [0.5, 0.6) is 0 Å². The Labute approximate surface area is 93.9 Å². The topological polar surface area (TPSA) is 58.9 Å². The predicted molar refractivity (Wildman–Crippen MR) is 65.1 cm³/mol. The van der Waals surface area contributed by atoms with Crippen molar-refractivity contribution in [2.45, 2.75) is 13.5 Å². The van der Waals surface area contributed by atoms with Crippen molar-refractivity contribution >= 4 is 0 Å². The molecule has 0 aliphatic rings. The highest BCUT2D eigenvalue weighted by atomic mass is 16.1. The first-order valence-electron chi connectivity index (χ1n) is 5.20. The monoisotopic (exact) mass is 214 g/mol. The van der Waals surface area contributed by atoms with Gasteiger partial charge in [-0.1, -0.05) is 30.3 Å². The molecule has 0 radical (unpaired) electrons. The average Bonchev–Trinajstić information content (AvgIpc) is 2.32. The third kappa shape index (κ3) is 1.90. The molecule has 82 valence electrons. The summed E-state index contributed by atoms with van der Waals surface area (Å²) in [5.74, 6) is 0. The van der Waals surface area contributed by atoms with Gasteiger partial charge in [0, 0.05) is 12.1 Å². The van der Waals surface area contributed by atoms with Gasteiger partial charge in [-0.05, 0) is 24.1 Å². The summed E-state index contributed by atoms with van der Waals surface area (Å²) in [4.78, 5) is 14.5. The molecular weight excluding hydrogens is 200 g/mol. The van der Waals surface area contributed by atoms with Crippen molar-refractivity contribution in [1.82, 2.24) is 4.98 Å². The van der Waals surface area contributed by atoms with Gasteiger partial charge in [-0.3, -0.25) is 4.79 Å². The van der Waals surface area contributed by atoms with Gasteiger partial charge >= 0.3 is 0 Å². The molecule has 0 bridgehead atoms. The van der Waals surface area contributed by atoms with Gasteiger partial charge in [0.1, 0.15) is 0 Å². The summed E-state index contributed by atoms with van der Waals surface area (Å²) in [7, 11) is 0. The van der Waals surface area contributed by atoms with E-state index in [-0.39, 0.29) is 12.1 Å². The molecule has 0 spiro atoms. The molecule has 0 atom stereocenters. The molecule has 1 aromatic heterocycles. The number of pyridine rings is 1. The van der Waals surface area contributed by atoms with E-state index in [2.05, 4.69) is 4.98 Å². The summed E-state index contributed by atoms with van der Waals surface area (Å²) in [6.45, 7) is 2.24. The van der Waals surface area contributed by atoms with E-state index < -0.39 is 0 Å². The van der Waals surface area contributed by atoms with Crippen LogP contribution in [-0.2, 0) is 6.54 Å². The van der Waals surface area contributed by atoms with Crippen LogP contribution in [0.25, 0.3) is 11.3 Å². The Kier molecular flexibility index (Phi) is 2.88. The van der Waals surface area contributed by atoms with Gasteiger partial charge in [-0.25, -0.2) is 0 Å². The molecule has 3 heteroatoms. The second-order valence-electron chi connectivity index (χ2n) is 3.75. The number of rotatable bonds is 2. The minimum Gasteiger partial charge on any atom is -0.326 e. The first-order valence-corrected chi connectivity index (χ1v) is 5.20. The van der Waals surface area contributed by atoms with E-state index in [9.17, 15) is 4.79 Å². The first kappa shape index (κ1) is 10.6. The van der Waals surface area contributed by atoms with Gasteiger partial charge < -0.3 is 10.7 Å². The fraction of sp³-hybridized carbons (Fsp3) is 0.154. The SMILES string of the molecule is Cc1cc(CN)c(=O)[nH]c1-c1ccccc1. The normalized spacial score (nSPS) is 10.4.